The fourth-order valence-corrected chi connectivity index (χ4v) is 4.96. The summed E-state index contributed by atoms with van der Waals surface area (Å²) < 4.78 is 18.8. The number of methoxy groups -OCH3 is 1. The summed E-state index contributed by atoms with van der Waals surface area (Å²) in [6.45, 7) is 0.113. The van der Waals surface area contributed by atoms with Crippen LogP contribution in [0.5, 0.6) is 11.5 Å². The van der Waals surface area contributed by atoms with Crippen LogP contribution in [0.2, 0.25) is 0 Å². The second-order valence-corrected chi connectivity index (χ2v) is 9.37. The molecule has 1 amide bonds. The van der Waals surface area contributed by atoms with Gasteiger partial charge in [0.2, 0.25) is 0 Å². The van der Waals surface area contributed by atoms with E-state index in [0.717, 1.165) is 13.4 Å². The fraction of sp³-hybridized carbons (Fsp3) is 0.0800. The van der Waals surface area contributed by atoms with Crippen molar-refractivity contribution in [3.8, 4) is 11.5 Å². The van der Waals surface area contributed by atoms with E-state index in [2.05, 4.69) is 49.0 Å². The molecule has 0 fully saturated rings. The van der Waals surface area contributed by atoms with Gasteiger partial charge in [-0.3, -0.25) is 4.79 Å². The van der Waals surface area contributed by atoms with E-state index in [0.29, 0.717) is 28.2 Å². The Morgan fingerprint density at radius 3 is 2.74 bits per heavy atom. The number of fused-ring (bicyclic) bond motifs is 1. The average Bonchev–Trinajstić information content (AvgIpc) is 3.27. The number of carbonyl (C=O) groups is 2. The molecule has 2 N–H and O–H groups in total. The Labute approximate surface area is 222 Å². The number of carbonyl (C=O) groups excluding carboxylic acids is 1. The summed E-state index contributed by atoms with van der Waals surface area (Å²) in [7, 11) is 1.51. The SMILES string of the molecule is COc1cccc(/C=N\NC(=O)c2cc3cc(Br)cc(I)c3o2)c1OCc1cccc(C(=O)O)c1. The number of hydrogen-bond donors (Lipinski definition) is 2. The van der Waals surface area contributed by atoms with Crippen LogP contribution < -0.4 is 14.9 Å². The Hall–Kier alpha value is -3.38. The van der Waals surface area contributed by atoms with Crippen LogP contribution in [0.15, 0.2) is 74.7 Å². The number of furan rings is 1. The molecular weight excluding hydrogens is 631 g/mol. The Morgan fingerprint density at radius 1 is 1.17 bits per heavy atom. The maximum Gasteiger partial charge on any atom is 0.335 e. The Bertz CT molecular complexity index is 1450. The van der Waals surface area contributed by atoms with Crippen LogP contribution in [0.3, 0.4) is 0 Å². The predicted molar refractivity (Wildman–Crippen MR) is 142 cm³/mol. The Balaban J connectivity index is 1.50. The van der Waals surface area contributed by atoms with Gasteiger partial charge in [0.05, 0.1) is 22.5 Å². The molecule has 0 saturated carbocycles. The van der Waals surface area contributed by atoms with Crippen LogP contribution in [0.1, 0.15) is 32.0 Å². The van der Waals surface area contributed by atoms with Gasteiger partial charge < -0.3 is 19.0 Å². The molecular formula is C25H18BrIN2O6. The van der Waals surface area contributed by atoms with Gasteiger partial charge in [-0.2, -0.15) is 5.10 Å². The average molecular weight is 649 g/mol. The molecule has 0 aliphatic carbocycles. The summed E-state index contributed by atoms with van der Waals surface area (Å²) in [6, 6.07) is 17.1. The zero-order chi connectivity index (χ0) is 24.9. The minimum atomic E-state index is -1.01. The van der Waals surface area contributed by atoms with Crippen LogP contribution >= 0.6 is 38.5 Å². The van der Waals surface area contributed by atoms with Crippen molar-refractivity contribution in [2.45, 2.75) is 6.61 Å². The lowest BCUT2D eigenvalue weighted by atomic mass is 10.1. The normalized spacial score (nSPS) is 11.1. The van der Waals surface area contributed by atoms with Crippen molar-refractivity contribution < 1.29 is 28.6 Å². The number of halogens is 2. The summed E-state index contributed by atoms with van der Waals surface area (Å²) in [5.74, 6) is -0.516. The third-order valence-electron chi connectivity index (χ3n) is 4.92. The van der Waals surface area contributed by atoms with E-state index in [-0.39, 0.29) is 17.9 Å². The molecule has 1 heterocycles. The monoisotopic (exact) mass is 648 g/mol. The van der Waals surface area contributed by atoms with Gasteiger partial charge in [0.25, 0.3) is 0 Å². The lowest BCUT2D eigenvalue weighted by molar-refractivity contribution is 0.0696. The minimum absolute atomic E-state index is 0.113. The lowest BCUT2D eigenvalue weighted by Gasteiger charge is -2.13. The summed E-state index contributed by atoms with van der Waals surface area (Å²) in [6.07, 6.45) is 1.44. The quantitative estimate of drug-likeness (QED) is 0.141. The van der Waals surface area contributed by atoms with Crippen LogP contribution in [0.25, 0.3) is 11.0 Å². The molecule has 4 aromatic rings. The Kier molecular flexibility index (Phi) is 7.71. The molecule has 4 rings (SSSR count). The van der Waals surface area contributed by atoms with E-state index in [1.54, 1.807) is 42.5 Å². The molecule has 3 aromatic carbocycles. The van der Waals surface area contributed by atoms with E-state index in [1.165, 1.54) is 19.4 Å². The predicted octanol–water partition coefficient (Wildman–Crippen LogP) is 5.85. The molecule has 1 aromatic heterocycles. The first-order valence-electron chi connectivity index (χ1n) is 10.2. The smallest absolute Gasteiger partial charge is 0.335 e. The van der Waals surface area contributed by atoms with E-state index >= 15 is 0 Å². The highest BCUT2D eigenvalue weighted by atomic mass is 127. The summed E-state index contributed by atoms with van der Waals surface area (Å²) in [4.78, 5) is 23.8. The van der Waals surface area contributed by atoms with Gasteiger partial charge in [-0.25, -0.2) is 10.2 Å². The molecule has 0 spiro atoms. The van der Waals surface area contributed by atoms with Crippen LogP contribution in [-0.2, 0) is 6.61 Å². The Morgan fingerprint density at radius 2 is 1.97 bits per heavy atom. The van der Waals surface area contributed by atoms with Gasteiger partial charge in [0, 0.05) is 15.4 Å². The zero-order valence-electron chi connectivity index (χ0n) is 18.2. The second-order valence-electron chi connectivity index (χ2n) is 7.29. The molecule has 0 bridgehead atoms. The number of hydrogen-bond acceptors (Lipinski definition) is 6. The van der Waals surface area contributed by atoms with Gasteiger partial charge in [0.1, 0.15) is 12.2 Å². The number of carboxylic acid groups (broad SMARTS) is 1. The van der Waals surface area contributed by atoms with Gasteiger partial charge in [-0.05, 0) is 70.6 Å². The van der Waals surface area contributed by atoms with Crippen molar-refractivity contribution in [3.63, 3.8) is 0 Å². The summed E-state index contributed by atoms with van der Waals surface area (Å²) in [5.41, 5.74) is 4.49. The van der Waals surface area contributed by atoms with Gasteiger partial charge >= 0.3 is 11.9 Å². The van der Waals surface area contributed by atoms with E-state index in [1.807, 2.05) is 12.1 Å². The van der Waals surface area contributed by atoms with Gasteiger partial charge in [0.15, 0.2) is 17.3 Å². The zero-order valence-corrected chi connectivity index (χ0v) is 22.0. The number of carboxylic acids is 1. The first-order chi connectivity index (χ1) is 16.9. The third-order valence-corrected chi connectivity index (χ3v) is 6.17. The highest BCUT2D eigenvalue weighted by Crippen LogP contribution is 2.31. The standard InChI is InChI=1S/C25H18BrIN2O6/c1-33-20-7-3-6-16(23(20)34-13-14-4-2-5-15(8-14)25(31)32)12-28-29-24(30)21-10-17-9-18(26)11-19(27)22(17)35-21/h2-12H,13H2,1H3,(H,29,30)(H,31,32)/b28-12-. The number of ether oxygens (including phenoxy) is 2. The van der Waals surface area contributed by atoms with Crippen molar-refractivity contribution in [2.24, 2.45) is 5.10 Å². The molecule has 10 heteroatoms. The van der Waals surface area contributed by atoms with Gasteiger partial charge in [-0.15, -0.1) is 0 Å². The van der Waals surface area contributed by atoms with E-state index in [4.69, 9.17) is 13.9 Å². The number of nitrogens with zero attached hydrogens (tertiary/aromatic N) is 1. The largest absolute Gasteiger partial charge is 0.493 e. The van der Waals surface area contributed by atoms with E-state index in [9.17, 15) is 14.7 Å². The van der Waals surface area contributed by atoms with Crippen LogP contribution in [-0.4, -0.2) is 30.3 Å². The maximum absolute atomic E-state index is 12.6. The molecule has 0 aliphatic heterocycles. The molecule has 0 radical (unpaired) electrons. The van der Waals surface area contributed by atoms with Crippen molar-refractivity contribution in [1.29, 1.82) is 0 Å². The number of para-hydroxylation sites is 1. The topological polar surface area (TPSA) is 110 Å². The van der Waals surface area contributed by atoms with Crippen LogP contribution in [0, 0.1) is 3.57 Å². The first-order valence-corrected chi connectivity index (χ1v) is 12.1. The fourth-order valence-electron chi connectivity index (χ4n) is 3.30. The van der Waals surface area contributed by atoms with Crippen molar-refractivity contribution in [3.05, 3.63) is 91.2 Å². The number of aromatic carboxylic acids is 1. The van der Waals surface area contributed by atoms with Crippen molar-refractivity contribution in [2.75, 3.05) is 7.11 Å². The molecule has 0 saturated heterocycles. The van der Waals surface area contributed by atoms with Gasteiger partial charge in [-0.1, -0.05) is 34.1 Å². The molecule has 35 heavy (non-hydrogen) atoms. The highest BCUT2D eigenvalue weighted by Gasteiger charge is 2.15. The number of benzene rings is 3. The number of amides is 1. The number of hydrazone groups is 1. The van der Waals surface area contributed by atoms with E-state index < -0.39 is 11.9 Å². The lowest BCUT2D eigenvalue weighted by Crippen LogP contribution is -2.16. The summed E-state index contributed by atoms with van der Waals surface area (Å²) >= 11 is 5.58. The molecule has 0 aliphatic rings. The van der Waals surface area contributed by atoms with Crippen LogP contribution in [0.4, 0.5) is 0 Å². The molecule has 0 unspecified atom stereocenters. The van der Waals surface area contributed by atoms with Crippen molar-refractivity contribution in [1.82, 2.24) is 5.43 Å². The number of nitrogens with one attached hydrogen (secondary N) is 1. The van der Waals surface area contributed by atoms with Crippen molar-refractivity contribution >= 4 is 67.6 Å². The first kappa shape index (κ1) is 24.7. The maximum atomic E-state index is 12.6. The molecule has 0 atom stereocenters. The third kappa shape index (κ3) is 5.82. The molecule has 178 valence electrons. The number of rotatable bonds is 8. The molecule has 8 nitrogen and oxygen atoms in total. The summed E-state index contributed by atoms with van der Waals surface area (Å²) in [5, 5.41) is 14.0. The highest BCUT2D eigenvalue weighted by molar-refractivity contribution is 14.1. The minimum Gasteiger partial charge on any atom is -0.493 e. The second kappa shape index (κ2) is 10.9.